The van der Waals surface area contributed by atoms with Crippen molar-refractivity contribution in [3.8, 4) is 0 Å². The van der Waals surface area contributed by atoms with Crippen LogP contribution >= 0.6 is 0 Å². The molecule has 112 valence electrons. The van der Waals surface area contributed by atoms with Crippen molar-refractivity contribution in [3.05, 3.63) is 18.0 Å². The first kappa shape index (κ1) is 15.0. The van der Waals surface area contributed by atoms with Gasteiger partial charge in [-0.1, -0.05) is 6.92 Å². The summed E-state index contributed by atoms with van der Waals surface area (Å²) in [4.78, 5) is 14.1. The second-order valence-electron chi connectivity index (χ2n) is 5.65. The van der Waals surface area contributed by atoms with E-state index in [2.05, 4.69) is 5.10 Å². The van der Waals surface area contributed by atoms with Gasteiger partial charge in [0.2, 0.25) is 0 Å². The number of aliphatic hydroxyl groups is 1. The molecule has 0 radical (unpaired) electrons. The van der Waals surface area contributed by atoms with Crippen LogP contribution in [0.1, 0.15) is 30.1 Å². The second-order valence-corrected chi connectivity index (χ2v) is 5.65. The van der Waals surface area contributed by atoms with Crippen LogP contribution in [-0.4, -0.2) is 58.1 Å². The summed E-state index contributed by atoms with van der Waals surface area (Å²) < 4.78 is 6.67. The van der Waals surface area contributed by atoms with Crippen LogP contribution in [0.3, 0.4) is 0 Å². The Bertz CT molecular complexity index is 474. The minimum Gasteiger partial charge on any atom is -0.389 e. The molecule has 0 spiro atoms. The smallest absolute Gasteiger partial charge is 0.257 e. The highest BCUT2D eigenvalue weighted by Crippen LogP contribution is 2.31. The van der Waals surface area contributed by atoms with E-state index in [0.29, 0.717) is 38.1 Å². The molecule has 2 rings (SSSR count). The molecule has 1 N–H and O–H groups in total. The van der Waals surface area contributed by atoms with Crippen LogP contribution in [0.25, 0.3) is 0 Å². The Labute approximate surface area is 119 Å². The number of aryl methyl sites for hydroxylation is 1. The van der Waals surface area contributed by atoms with E-state index >= 15 is 0 Å². The number of rotatable bonds is 4. The zero-order valence-electron chi connectivity index (χ0n) is 12.4. The number of hydrogen-bond acceptors (Lipinski definition) is 4. The molecule has 2 heterocycles. The summed E-state index contributed by atoms with van der Waals surface area (Å²) in [5.41, 5.74) is -0.135. The molecule has 6 heteroatoms. The monoisotopic (exact) mass is 281 g/mol. The number of piperidine rings is 1. The Morgan fingerprint density at radius 1 is 1.65 bits per heavy atom. The first-order chi connectivity index (χ1) is 9.46. The van der Waals surface area contributed by atoms with E-state index in [-0.39, 0.29) is 11.8 Å². The van der Waals surface area contributed by atoms with Crippen molar-refractivity contribution in [2.75, 3.05) is 26.8 Å². The van der Waals surface area contributed by atoms with Gasteiger partial charge < -0.3 is 14.7 Å². The van der Waals surface area contributed by atoms with Gasteiger partial charge in [0.25, 0.3) is 5.91 Å². The first-order valence-electron chi connectivity index (χ1n) is 6.95. The zero-order chi connectivity index (χ0) is 14.8. The molecular formula is C14H23N3O3. The predicted octanol–water partition coefficient (Wildman–Crippen LogP) is 0.670. The summed E-state index contributed by atoms with van der Waals surface area (Å²) in [6, 6.07) is 0. The molecule has 1 amide bonds. The Morgan fingerprint density at radius 2 is 2.40 bits per heavy atom. The van der Waals surface area contributed by atoms with Gasteiger partial charge >= 0.3 is 0 Å². The van der Waals surface area contributed by atoms with Gasteiger partial charge in [-0.3, -0.25) is 9.48 Å². The topological polar surface area (TPSA) is 67.6 Å². The molecule has 0 aromatic carbocycles. The maximum absolute atomic E-state index is 12.3. The average Bonchev–Trinajstić information content (AvgIpc) is 2.86. The second kappa shape index (κ2) is 5.93. The van der Waals surface area contributed by atoms with Gasteiger partial charge in [-0.05, 0) is 12.8 Å². The molecule has 0 aliphatic carbocycles. The summed E-state index contributed by atoms with van der Waals surface area (Å²) in [5.74, 6) is 0.0192. The van der Waals surface area contributed by atoms with Crippen LogP contribution in [0.2, 0.25) is 0 Å². The third-order valence-electron chi connectivity index (χ3n) is 4.20. The molecule has 1 aliphatic rings. The van der Waals surface area contributed by atoms with Gasteiger partial charge in [0.1, 0.15) is 0 Å². The molecule has 2 unspecified atom stereocenters. The molecule has 2 atom stereocenters. The van der Waals surface area contributed by atoms with E-state index in [9.17, 15) is 9.90 Å². The largest absolute Gasteiger partial charge is 0.389 e. The van der Waals surface area contributed by atoms with Crippen LogP contribution in [-0.2, 0) is 11.8 Å². The zero-order valence-corrected chi connectivity index (χ0v) is 12.4. The van der Waals surface area contributed by atoms with Crippen molar-refractivity contribution in [2.45, 2.75) is 25.4 Å². The standard InChI is InChI=1S/C14H23N3O3/c1-11-9-17(6-4-14(11,19)5-7-20-3)13(18)12-8-15-16(2)10-12/h8,10-11,19H,4-7,9H2,1-3H3. The van der Waals surface area contributed by atoms with Crippen LogP contribution in [0.4, 0.5) is 0 Å². The predicted molar refractivity (Wildman–Crippen MR) is 74.3 cm³/mol. The number of amides is 1. The lowest BCUT2D eigenvalue weighted by Gasteiger charge is -2.43. The van der Waals surface area contributed by atoms with Crippen LogP contribution < -0.4 is 0 Å². The van der Waals surface area contributed by atoms with Crippen molar-refractivity contribution in [1.29, 1.82) is 0 Å². The minimum atomic E-state index is -0.734. The first-order valence-corrected chi connectivity index (χ1v) is 6.95. The molecule has 1 fully saturated rings. The average molecular weight is 281 g/mol. The van der Waals surface area contributed by atoms with Crippen molar-refractivity contribution < 1.29 is 14.6 Å². The number of aromatic nitrogens is 2. The fourth-order valence-electron chi connectivity index (χ4n) is 2.72. The Kier molecular flexibility index (Phi) is 4.45. The summed E-state index contributed by atoms with van der Waals surface area (Å²) in [6.07, 6.45) is 4.50. The fraction of sp³-hybridized carbons (Fsp3) is 0.714. The van der Waals surface area contributed by atoms with Gasteiger partial charge in [-0.15, -0.1) is 0 Å². The number of likely N-dealkylation sites (tertiary alicyclic amines) is 1. The summed E-state index contributed by atoms with van der Waals surface area (Å²) in [7, 11) is 3.42. The van der Waals surface area contributed by atoms with Crippen molar-refractivity contribution in [2.24, 2.45) is 13.0 Å². The van der Waals surface area contributed by atoms with Gasteiger partial charge in [-0.2, -0.15) is 5.10 Å². The van der Waals surface area contributed by atoms with Crippen molar-refractivity contribution >= 4 is 5.91 Å². The molecule has 1 aromatic rings. The molecule has 0 saturated carbocycles. The number of ether oxygens (including phenoxy) is 1. The Hall–Kier alpha value is -1.40. The summed E-state index contributed by atoms with van der Waals surface area (Å²) in [6.45, 7) is 3.65. The van der Waals surface area contributed by atoms with Gasteiger partial charge in [0.15, 0.2) is 0 Å². The number of hydrogen-bond donors (Lipinski definition) is 1. The minimum absolute atomic E-state index is 0.0151. The highest BCUT2D eigenvalue weighted by Gasteiger charge is 2.39. The Balaban J connectivity index is 2.00. The molecule has 6 nitrogen and oxygen atoms in total. The number of carbonyl (C=O) groups is 1. The number of methoxy groups -OCH3 is 1. The molecule has 1 aliphatic heterocycles. The molecule has 0 bridgehead atoms. The van der Waals surface area contributed by atoms with E-state index < -0.39 is 5.60 Å². The quantitative estimate of drug-likeness (QED) is 0.881. The fourth-order valence-corrected chi connectivity index (χ4v) is 2.72. The molecule has 1 aromatic heterocycles. The molecule has 20 heavy (non-hydrogen) atoms. The van der Waals surface area contributed by atoms with E-state index in [1.807, 2.05) is 6.92 Å². The third kappa shape index (κ3) is 3.02. The Morgan fingerprint density at radius 3 is 2.95 bits per heavy atom. The van der Waals surface area contributed by atoms with E-state index in [0.717, 1.165) is 0 Å². The number of nitrogens with zero attached hydrogens (tertiary/aromatic N) is 3. The van der Waals surface area contributed by atoms with Gasteiger partial charge in [-0.25, -0.2) is 0 Å². The normalized spacial score (nSPS) is 26.8. The maximum Gasteiger partial charge on any atom is 0.257 e. The lowest BCUT2D eigenvalue weighted by molar-refractivity contribution is -0.0750. The highest BCUT2D eigenvalue weighted by molar-refractivity contribution is 5.93. The van der Waals surface area contributed by atoms with Gasteiger partial charge in [0.05, 0.1) is 17.4 Å². The van der Waals surface area contributed by atoms with E-state index in [1.54, 1.807) is 36.1 Å². The molecular weight excluding hydrogens is 258 g/mol. The van der Waals surface area contributed by atoms with Crippen LogP contribution in [0.5, 0.6) is 0 Å². The van der Waals surface area contributed by atoms with Crippen molar-refractivity contribution in [1.82, 2.24) is 14.7 Å². The maximum atomic E-state index is 12.3. The number of carbonyl (C=O) groups excluding carboxylic acids is 1. The van der Waals surface area contributed by atoms with E-state index in [4.69, 9.17) is 4.74 Å². The molecule has 1 saturated heterocycles. The van der Waals surface area contributed by atoms with Crippen LogP contribution in [0.15, 0.2) is 12.4 Å². The SMILES string of the molecule is COCCC1(O)CCN(C(=O)c2cnn(C)c2)CC1C. The summed E-state index contributed by atoms with van der Waals surface area (Å²) >= 11 is 0. The lowest BCUT2D eigenvalue weighted by atomic mass is 9.80. The summed E-state index contributed by atoms with van der Waals surface area (Å²) in [5, 5.41) is 14.6. The van der Waals surface area contributed by atoms with Gasteiger partial charge in [0, 0.05) is 46.0 Å². The van der Waals surface area contributed by atoms with Crippen molar-refractivity contribution in [3.63, 3.8) is 0 Å². The highest BCUT2D eigenvalue weighted by atomic mass is 16.5. The van der Waals surface area contributed by atoms with E-state index in [1.165, 1.54) is 0 Å². The lowest BCUT2D eigenvalue weighted by Crippen LogP contribution is -2.52. The third-order valence-corrected chi connectivity index (χ3v) is 4.20. The van der Waals surface area contributed by atoms with Crippen LogP contribution in [0, 0.1) is 5.92 Å².